The first-order valence-corrected chi connectivity index (χ1v) is 94.2. The zero-order valence-corrected chi connectivity index (χ0v) is 97.2. The van der Waals surface area contributed by atoms with E-state index in [2.05, 4.69) is 467 Å². The summed E-state index contributed by atoms with van der Waals surface area (Å²) in [5.41, 5.74) is 18.1. The normalized spacial score (nSPS) is 13.8. The summed E-state index contributed by atoms with van der Waals surface area (Å²) < 4.78 is 0. The molecule has 11 rings (SSSR count). The third-order valence-corrected chi connectivity index (χ3v) is 53.7. The van der Waals surface area contributed by atoms with Crippen molar-refractivity contribution >= 4 is 241 Å². The van der Waals surface area contributed by atoms with Gasteiger partial charge in [-0.15, -0.1) is 0 Å². The number of fused-ring (bicyclic) bond motifs is 2. The first-order valence-electron chi connectivity index (χ1n) is 45.2. The van der Waals surface area contributed by atoms with Crippen LogP contribution in [0.3, 0.4) is 0 Å². The average molecular weight is 1830 g/mol. The molecule has 0 spiro atoms. The van der Waals surface area contributed by atoms with Crippen molar-refractivity contribution < 1.29 is 0 Å². The highest BCUT2D eigenvalue weighted by atomic mass is 28.4. The molecule has 11 aromatic rings. The van der Waals surface area contributed by atoms with Crippen molar-refractivity contribution in [3.05, 3.63) is 182 Å². The van der Waals surface area contributed by atoms with E-state index < -0.39 is 113 Å². The van der Waals surface area contributed by atoms with Crippen LogP contribution in [0.15, 0.2) is 182 Å². The maximum Gasteiger partial charge on any atom is 0.0776 e. The molecule has 0 aromatic heterocycles. The van der Waals surface area contributed by atoms with Gasteiger partial charge in [0.2, 0.25) is 0 Å². The molecule has 0 aliphatic carbocycles. The van der Waals surface area contributed by atoms with Crippen LogP contribution in [0, 0.1) is 0 Å². The minimum atomic E-state index is -2.10. The molecule has 0 radical (unpaired) electrons. The Kier molecular flexibility index (Phi) is 25.8. The molecule has 0 saturated carbocycles. The first-order chi connectivity index (χ1) is 54.2. The van der Waals surface area contributed by atoms with Gasteiger partial charge in [-0.3, -0.25) is 0 Å². The minimum Gasteiger partial charge on any atom is -0.309 e. The van der Waals surface area contributed by atoms with Gasteiger partial charge in [0.05, 0.1) is 124 Å². The molecule has 120 heavy (non-hydrogen) atoms. The van der Waals surface area contributed by atoms with Gasteiger partial charge in [0.1, 0.15) is 0 Å². The third-order valence-electron chi connectivity index (χ3n) is 25.4. The fraction of sp³-hybridized carbons (Fsp3) is 0.404. The SMILES string of the molecule is C[Si](C)(C)c1cc(-c2cc(-c3cc([Si](C)(C)C)cc([Si](C)(C)C)c3)cc(N(c3cc([Si](C)(C)C)cc([Si](C)(C)C)c3)c3c4ccc([Si](C)(C)C)cc4c(N(c4cc(-c5cc([Si](C)(C)C)cc([Si](C)(C)C)c5)cc(-c5cc([Si](C)(C)C)cc([Si](C)(C)C)c5)c4)c4cc([Si](C)(C)C)cc([Si](C)(C)C)c4)c4ccc([Si](C)(C)C)cc34)c2)cc([Si](C)(C)C)c1. The molecular weight excluding hydrogens is 1670 g/mol. The van der Waals surface area contributed by atoms with Crippen molar-refractivity contribution in [3.63, 3.8) is 0 Å². The lowest BCUT2D eigenvalue weighted by atomic mass is 9.93. The van der Waals surface area contributed by atoms with Crippen LogP contribution in [0.2, 0.25) is 275 Å². The van der Waals surface area contributed by atoms with Gasteiger partial charge in [0, 0.05) is 44.3 Å². The number of rotatable bonds is 24. The molecule has 0 fully saturated rings. The van der Waals surface area contributed by atoms with E-state index in [0.717, 1.165) is 0 Å². The molecule has 0 heterocycles. The van der Waals surface area contributed by atoms with Gasteiger partial charge in [-0.05, 0) is 105 Å². The van der Waals surface area contributed by atoms with Crippen LogP contribution in [-0.4, -0.2) is 113 Å². The largest absolute Gasteiger partial charge is 0.309 e. The van der Waals surface area contributed by atoms with Gasteiger partial charge in [0.25, 0.3) is 0 Å². The Bertz CT molecular complexity index is 5030. The van der Waals surface area contributed by atoms with Crippen molar-refractivity contribution in [1.29, 1.82) is 0 Å². The number of hydrogen-bond donors (Lipinski definition) is 0. The van der Waals surface area contributed by atoms with Gasteiger partial charge in [-0.25, -0.2) is 0 Å². The molecular formula is C104H156N2Si14. The Morgan fingerprint density at radius 2 is 0.267 bits per heavy atom. The van der Waals surface area contributed by atoms with Crippen LogP contribution >= 0.6 is 0 Å². The smallest absolute Gasteiger partial charge is 0.0776 e. The number of hydrogen-bond acceptors (Lipinski definition) is 2. The average Bonchev–Trinajstić information content (AvgIpc) is 0.707. The van der Waals surface area contributed by atoms with Gasteiger partial charge < -0.3 is 9.80 Å². The molecule has 0 bridgehead atoms. The Balaban J connectivity index is 1.48. The second-order valence-corrected chi connectivity index (χ2v) is 122. The van der Waals surface area contributed by atoms with Crippen LogP contribution in [0.4, 0.5) is 34.1 Å². The van der Waals surface area contributed by atoms with Crippen LogP contribution in [-0.2, 0) is 0 Å². The van der Waals surface area contributed by atoms with Crippen LogP contribution < -0.4 is 82.4 Å². The van der Waals surface area contributed by atoms with Crippen molar-refractivity contribution in [2.75, 3.05) is 9.80 Å². The summed E-state index contributed by atoms with van der Waals surface area (Å²) in [5, 5.41) is 26.5. The fourth-order valence-corrected chi connectivity index (χ4v) is 33.7. The zero-order chi connectivity index (χ0) is 89.8. The lowest BCUT2D eigenvalue weighted by Crippen LogP contribution is -2.45. The van der Waals surface area contributed by atoms with Crippen LogP contribution in [0.5, 0.6) is 0 Å². The van der Waals surface area contributed by atoms with E-state index in [-0.39, 0.29) is 0 Å². The Hall–Kier alpha value is -5.42. The van der Waals surface area contributed by atoms with E-state index in [1.54, 1.807) is 0 Å². The topological polar surface area (TPSA) is 6.48 Å². The molecule has 638 valence electrons. The Morgan fingerprint density at radius 1 is 0.125 bits per heavy atom. The summed E-state index contributed by atoms with van der Waals surface area (Å²) in [6.07, 6.45) is 0. The molecule has 0 aliphatic heterocycles. The summed E-state index contributed by atoms with van der Waals surface area (Å²) in [4.78, 5) is 5.78. The standard InChI is InChI=1S/C104H156N2Si14/c1-107(2,3)85-43-45-99-101(71-85)103(105(83-61-95(117(31,32)33)69-96(62-83)118(34,35)36)81-49-73(77-53-87(109(7,8)9)65-88(54-77)110(10,11)12)47-74(50-81)78-55-89(111(13,14)15)66-90(56-78)112(16,17)18)100-46-44-86(108(4,5)6)72-102(100)104(99)106(84-63-97(119(37,38)39)70-98(64-84)120(40,41)42)82-51-75(79-57-91(113(19,20)21)67-92(58-79)114(22,23)24)48-76(52-82)80-59-93(115(25,26)27)68-94(60-80)116(28,29)30/h43-72H,1-42H3. The third kappa shape index (κ3) is 21.3. The molecule has 16 heteroatoms. The number of benzene rings is 11. The maximum atomic E-state index is 2.89. The quantitative estimate of drug-likeness (QED) is 0.0338. The number of nitrogens with zero attached hydrogens (tertiary/aromatic N) is 2. The highest BCUT2D eigenvalue weighted by Crippen LogP contribution is 2.53. The van der Waals surface area contributed by atoms with E-state index in [1.807, 2.05) is 0 Å². The van der Waals surface area contributed by atoms with E-state index in [4.69, 9.17) is 0 Å². The maximum absolute atomic E-state index is 2.89. The lowest BCUT2D eigenvalue weighted by Gasteiger charge is -2.36. The van der Waals surface area contributed by atoms with E-state index in [1.165, 1.54) is 173 Å². The first kappa shape index (κ1) is 95.2. The highest BCUT2D eigenvalue weighted by molar-refractivity contribution is 6.96. The molecule has 0 aliphatic rings. The van der Waals surface area contributed by atoms with Gasteiger partial charge in [-0.1, -0.05) is 469 Å². The minimum absolute atomic E-state index is 1.22. The monoisotopic (exact) mass is 1820 g/mol. The van der Waals surface area contributed by atoms with Crippen LogP contribution in [0.1, 0.15) is 0 Å². The Morgan fingerprint density at radius 3 is 0.425 bits per heavy atom. The Labute approximate surface area is 745 Å². The van der Waals surface area contributed by atoms with Crippen molar-refractivity contribution in [3.8, 4) is 44.5 Å². The summed E-state index contributed by atoms with van der Waals surface area (Å²) in [5.74, 6) is 0. The van der Waals surface area contributed by atoms with Crippen molar-refractivity contribution in [1.82, 2.24) is 0 Å². The second kappa shape index (κ2) is 32.5. The lowest BCUT2D eigenvalue weighted by molar-refractivity contribution is 1.30. The fourth-order valence-electron chi connectivity index (χ4n) is 16.4. The molecule has 0 amide bonds. The molecule has 2 nitrogen and oxygen atoms in total. The van der Waals surface area contributed by atoms with E-state index >= 15 is 0 Å². The molecule has 0 unspecified atom stereocenters. The van der Waals surface area contributed by atoms with E-state index in [0.29, 0.717) is 0 Å². The summed E-state index contributed by atoms with van der Waals surface area (Å²) >= 11 is 0. The second-order valence-electron chi connectivity index (χ2n) is 50.7. The van der Waals surface area contributed by atoms with Gasteiger partial charge in [-0.2, -0.15) is 0 Å². The predicted octanol–water partition coefficient (Wildman–Crippen LogP) is 25.2. The van der Waals surface area contributed by atoms with Crippen LogP contribution in [0.25, 0.3) is 66.1 Å². The molecule has 0 atom stereocenters. The highest BCUT2D eigenvalue weighted by Gasteiger charge is 2.37. The molecule has 11 aromatic carbocycles. The summed E-state index contributed by atoms with van der Waals surface area (Å²) in [7, 11) is -27.2. The summed E-state index contributed by atoms with van der Waals surface area (Å²) in [6.45, 7) is 108. The molecule has 0 N–H and O–H groups in total. The van der Waals surface area contributed by atoms with Gasteiger partial charge in [0.15, 0.2) is 0 Å². The predicted molar refractivity (Wildman–Crippen MR) is 594 cm³/mol. The molecule has 0 saturated heterocycles. The van der Waals surface area contributed by atoms with Gasteiger partial charge >= 0.3 is 0 Å². The van der Waals surface area contributed by atoms with E-state index in [9.17, 15) is 0 Å². The van der Waals surface area contributed by atoms with Crippen molar-refractivity contribution in [2.24, 2.45) is 0 Å². The summed E-state index contributed by atoms with van der Waals surface area (Å²) in [6, 6.07) is 79.9. The number of anilines is 6. The van der Waals surface area contributed by atoms with Crippen molar-refractivity contribution in [2.45, 2.75) is 275 Å². The zero-order valence-electron chi connectivity index (χ0n) is 83.2.